The van der Waals surface area contributed by atoms with Crippen molar-refractivity contribution in [1.29, 1.82) is 0 Å². The summed E-state index contributed by atoms with van der Waals surface area (Å²) in [5, 5.41) is 9.76. The average Bonchev–Trinajstić information content (AvgIpc) is 2.92. The second kappa shape index (κ2) is 1.95. The summed E-state index contributed by atoms with van der Waals surface area (Å²) in [5.74, 6) is 2.44. The molecular formula is C13H14O4. The maximum Gasteiger partial charge on any atom is 0.310 e. The molecular weight excluding hydrogens is 220 g/mol. The zero-order valence-corrected chi connectivity index (χ0v) is 9.33. The molecule has 4 bridgehead atoms. The van der Waals surface area contributed by atoms with E-state index in [1.165, 1.54) is 0 Å². The van der Waals surface area contributed by atoms with Gasteiger partial charge in [0.25, 0.3) is 0 Å². The number of aliphatic carboxylic acids is 1. The molecule has 7 rings (SSSR count). The third kappa shape index (κ3) is 0.473. The van der Waals surface area contributed by atoms with Gasteiger partial charge in [0.15, 0.2) is 5.79 Å². The molecule has 0 aromatic rings. The zero-order valence-electron chi connectivity index (χ0n) is 9.33. The molecule has 0 aromatic carbocycles. The van der Waals surface area contributed by atoms with Crippen molar-refractivity contribution in [2.75, 3.05) is 13.2 Å². The molecule has 90 valence electrons. The maximum absolute atomic E-state index is 11.9. The largest absolute Gasteiger partial charge is 0.481 e. The van der Waals surface area contributed by atoms with E-state index in [4.69, 9.17) is 9.47 Å². The highest BCUT2D eigenvalue weighted by molar-refractivity contribution is 5.82. The zero-order chi connectivity index (χ0) is 11.2. The number of rotatable bonds is 1. The average molecular weight is 234 g/mol. The molecule has 1 aliphatic heterocycles. The molecule has 6 aliphatic carbocycles. The first-order valence-electron chi connectivity index (χ1n) is 6.76. The van der Waals surface area contributed by atoms with Gasteiger partial charge in [0.05, 0.1) is 18.6 Å². The number of carbonyl (C=O) groups is 1. The van der Waals surface area contributed by atoms with E-state index < -0.39 is 17.2 Å². The molecule has 0 amide bonds. The van der Waals surface area contributed by atoms with Crippen LogP contribution in [0.25, 0.3) is 0 Å². The van der Waals surface area contributed by atoms with Crippen molar-refractivity contribution < 1.29 is 19.4 Å². The number of ether oxygens (including phenoxy) is 2. The molecule has 1 saturated heterocycles. The second-order valence-electron chi connectivity index (χ2n) is 6.85. The maximum atomic E-state index is 11.9. The van der Waals surface area contributed by atoms with Crippen molar-refractivity contribution in [3.8, 4) is 0 Å². The van der Waals surface area contributed by atoms with E-state index in [2.05, 4.69) is 0 Å². The van der Waals surface area contributed by atoms with E-state index in [0.717, 1.165) is 12.3 Å². The molecule has 0 unspecified atom stereocenters. The monoisotopic (exact) mass is 234 g/mol. The SMILES string of the molecule is O=C(O)[C@@]12[C@@H]3[C@H]4[C@H]5[C@@H](C[C@H]41)[C@H]2C1(OCCO1)[C@H]53. The van der Waals surface area contributed by atoms with Crippen LogP contribution in [0.1, 0.15) is 6.42 Å². The first kappa shape index (κ1) is 8.48. The fourth-order valence-corrected chi connectivity index (χ4v) is 7.51. The normalized spacial score (nSPS) is 69.8. The second-order valence-corrected chi connectivity index (χ2v) is 6.85. The lowest BCUT2D eigenvalue weighted by Crippen LogP contribution is -2.70. The van der Waals surface area contributed by atoms with Crippen molar-refractivity contribution in [2.45, 2.75) is 12.2 Å². The Morgan fingerprint density at radius 1 is 1.18 bits per heavy atom. The number of carboxylic acid groups (broad SMARTS) is 1. The van der Waals surface area contributed by atoms with Crippen molar-refractivity contribution in [1.82, 2.24) is 0 Å². The molecule has 1 heterocycles. The van der Waals surface area contributed by atoms with Gasteiger partial charge in [0, 0.05) is 11.8 Å². The molecule has 8 atom stereocenters. The number of hydrogen-bond donors (Lipinski definition) is 1. The summed E-state index contributed by atoms with van der Waals surface area (Å²) in [4.78, 5) is 11.9. The molecule has 4 nitrogen and oxygen atoms in total. The predicted octanol–water partition coefficient (Wildman–Crippen LogP) is 0.572. The van der Waals surface area contributed by atoms with Crippen molar-refractivity contribution >= 4 is 5.97 Å². The fourth-order valence-electron chi connectivity index (χ4n) is 7.51. The lowest BCUT2D eigenvalue weighted by atomic mass is 9.34. The number of hydrogen-bond acceptors (Lipinski definition) is 3. The quantitative estimate of drug-likeness (QED) is 0.720. The van der Waals surface area contributed by atoms with Gasteiger partial charge in [-0.3, -0.25) is 4.79 Å². The lowest BCUT2D eigenvalue weighted by molar-refractivity contribution is -0.252. The molecule has 0 aromatic heterocycles. The third-order valence-electron chi connectivity index (χ3n) is 7.26. The van der Waals surface area contributed by atoms with E-state index in [1.807, 2.05) is 0 Å². The van der Waals surface area contributed by atoms with Gasteiger partial charge < -0.3 is 14.6 Å². The highest BCUT2D eigenvalue weighted by atomic mass is 16.7. The smallest absolute Gasteiger partial charge is 0.310 e. The van der Waals surface area contributed by atoms with Gasteiger partial charge in [0.1, 0.15) is 0 Å². The van der Waals surface area contributed by atoms with Crippen molar-refractivity contribution in [3.05, 3.63) is 0 Å². The minimum absolute atomic E-state index is 0.171. The first-order chi connectivity index (χ1) is 8.24. The van der Waals surface area contributed by atoms with E-state index in [9.17, 15) is 9.90 Å². The van der Waals surface area contributed by atoms with E-state index in [-0.39, 0.29) is 5.92 Å². The van der Waals surface area contributed by atoms with Crippen LogP contribution in [0, 0.1) is 46.8 Å². The molecule has 1 N–H and O–H groups in total. The van der Waals surface area contributed by atoms with Crippen LogP contribution in [0.3, 0.4) is 0 Å². The molecule has 1 spiro atoms. The minimum atomic E-state index is -0.560. The summed E-state index contributed by atoms with van der Waals surface area (Å²) in [6.07, 6.45) is 1.13. The van der Waals surface area contributed by atoms with Gasteiger partial charge in [-0.15, -0.1) is 0 Å². The molecule has 7 fully saturated rings. The van der Waals surface area contributed by atoms with Gasteiger partial charge in [-0.25, -0.2) is 0 Å². The fraction of sp³-hybridized carbons (Fsp3) is 0.923. The highest BCUT2D eigenvalue weighted by Crippen LogP contribution is 2.96. The number of carboxylic acids is 1. The summed E-state index contributed by atoms with van der Waals surface area (Å²) < 4.78 is 11.9. The van der Waals surface area contributed by atoms with Crippen LogP contribution < -0.4 is 0 Å². The van der Waals surface area contributed by atoms with Crippen LogP contribution >= 0.6 is 0 Å². The summed E-state index contributed by atoms with van der Waals surface area (Å²) >= 11 is 0. The Bertz CT molecular complexity index is 482. The van der Waals surface area contributed by atoms with Crippen LogP contribution in [-0.2, 0) is 14.3 Å². The molecule has 7 aliphatic rings. The Morgan fingerprint density at radius 3 is 2.65 bits per heavy atom. The Balaban J connectivity index is 1.64. The molecule has 17 heavy (non-hydrogen) atoms. The minimum Gasteiger partial charge on any atom is -0.481 e. The van der Waals surface area contributed by atoms with E-state index in [1.54, 1.807) is 0 Å². The van der Waals surface area contributed by atoms with Crippen LogP contribution in [0.15, 0.2) is 0 Å². The van der Waals surface area contributed by atoms with Crippen LogP contribution in [0.5, 0.6) is 0 Å². The molecule has 6 saturated carbocycles. The Hall–Kier alpha value is -0.610. The van der Waals surface area contributed by atoms with Gasteiger partial charge in [-0.05, 0) is 36.0 Å². The lowest BCUT2D eigenvalue weighted by Gasteiger charge is -2.67. The first-order valence-corrected chi connectivity index (χ1v) is 6.76. The summed E-state index contributed by atoms with van der Waals surface area (Å²) in [7, 11) is 0. The molecule has 4 heteroatoms. The third-order valence-corrected chi connectivity index (χ3v) is 7.26. The Labute approximate surface area is 98.3 Å². The van der Waals surface area contributed by atoms with Gasteiger partial charge in [-0.1, -0.05) is 0 Å². The summed E-state index contributed by atoms with van der Waals surface area (Å²) in [5.41, 5.74) is -0.445. The van der Waals surface area contributed by atoms with Crippen molar-refractivity contribution in [3.63, 3.8) is 0 Å². The summed E-state index contributed by atoms with van der Waals surface area (Å²) in [6.45, 7) is 1.31. The Morgan fingerprint density at radius 2 is 1.94 bits per heavy atom. The molecule has 0 radical (unpaired) electrons. The van der Waals surface area contributed by atoms with Gasteiger partial charge in [-0.2, -0.15) is 0 Å². The van der Waals surface area contributed by atoms with Gasteiger partial charge >= 0.3 is 5.97 Å². The van der Waals surface area contributed by atoms with Crippen LogP contribution in [0.2, 0.25) is 0 Å². The van der Waals surface area contributed by atoms with Crippen LogP contribution in [-0.4, -0.2) is 30.1 Å². The highest BCUT2D eigenvalue weighted by Gasteiger charge is 3.00. The Kier molecular flexibility index (Phi) is 0.975. The van der Waals surface area contributed by atoms with E-state index in [0.29, 0.717) is 42.8 Å². The van der Waals surface area contributed by atoms with Gasteiger partial charge in [0.2, 0.25) is 0 Å². The van der Waals surface area contributed by atoms with E-state index >= 15 is 0 Å². The predicted molar refractivity (Wildman–Crippen MR) is 53.8 cm³/mol. The summed E-state index contributed by atoms with van der Waals surface area (Å²) in [6, 6.07) is 0. The standard InChI is InChI=1S/C13H14O4/c14-11(15)12-5-3-4-6-7(5)8(12)9(6)13(10(4)12)16-1-2-17-13/h4-10H,1-3H2,(H,14,15)/t4-,5-,6-,7-,8-,9-,10-,12-/m1/s1. The topological polar surface area (TPSA) is 55.8 Å². The van der Waals surface area contributed by atoms with Crippen LogP contribution in [0.4, 0.5) is 0 Å². The van der Waals surface area contributed by atoms with Crippen molar-refractivity contribution in [2.24, 2.45) is 46.8 Å².